The number of piperidine rings is 2. The van der Waals surface area contributed by atoms with Crippen molar-refractivity contribution in [2.24, 2.45) is 29.1 Å². The highest BCUT2D eigenvalue weighted by atomic mass is 31.2. The molecule has 8 heteroatoms. The van der Waals surface area contributed by atoms with Gasteiger partial charge in [-0.05, 0) is 106 Å². The van der Waals surface area contributed by atoms with Gasteiger partial charge >= 0.3 is 7.60 Å². The number of fused-ring (bicyclic) bond motifs is 4. The summed E-state index contributed by atoms with van der Waals surface area (Å²) in [5, 5.41) is 0. The lowest BCUT2D eigenvalue weighted by atomic mass is 9.45. The van der Waals surface area contributed by atoms with Crippen molar-refractivity contribution in [1.29, 1.82) is 0 Å². The monoisotopic (exact) mass is 511 g/mol. The standard InChI is InChI=1S/C28H38N3O4P/c1-27(2)18-8-7-17(22(27)13-18)11-12-30-20-10-9-19-15-28(19,30)16-21(14-20)31-24-6-4-3-5-23(24)29-25(26(31)32)36(33,34)35/h3-6,17-22H,7-16H2,1-2H3,(H2,33,34,35)/t17-,18-,19?,20+,21-,22-,28-/m0/s1. The molecule has 1 aromatic carbocycles. The topological polar surface area (TPSA) is 95.7 Å². The Balaban J connectivity index is 1.19. The Morgan fingerprint density at radius 3 is 2.56 bits per heavy atom. The van der Waals surface area contributed by atoms with Gasteiger partial charge in [0.25, 0.3) is 5.56 Å². The molecule has 4 bridgehead atoms. The SMILES string of the molecule is CC1(C)[C@H]2CC[C@@H](CCN3[C@@H]4CCC5C[C@]53C[C@@H](n3c(=O)c(P(=O)(O)O)nc5ccccc53)C4)[C@@H]1C2. The zero-order chi connectivity index (χ0) is 25.0. The van der Waals surface area contributed by atoms with Crippen LogP contribution in [0.3, 0.4) is 0 Å². The normalized spacial score (nSPS) is 38.9. The lowest BCUT2D eigenvalue weighted by molar-refractivity contribution is -0.111. The fraction of sp³-hybridized carbons (Fsp3) is 0.714. The summed E-state index contributed by atoms with van der Waals surface area (Å²) in [6, 6.07) is 7.68. The van der Waals surface area contributed by atoms with Crippen molar-refractivity contribution >= 4 is 24.1 Å². The number of hydrogen-bond donors (Lipinski definition) is 2. The van der Waals surface area contributed by atoms with E-state index in [2.05, 4.69) is 23.7 Å². The number of hydrogen-bond acceptors (Lipinski definition) is 4. The molecule has 4 aliphatic carbocycles. The Labute approximate surface area is 212 Å². The second-order valence-corrected chi connectivity index (χ2v) is 14.7. The molecule has 7 atom stereocenters. The molecule has 36 heavy (non-hydrogen) atoms. The van der Waals surface area contributed by atoms with Crippen LogP contribution in [0.15, 0.2) is 29.1 Å². The number of para-hydroxylation sites is 2. The van der Waals surface area contributed by atoms with E-state index in [-0.39, 0.29) is 11.6 Å². The van der Waals surface area contributed by atoms with Crippen LogP contribution in [0.5, 0.6) is 0 Å². The van der Waals surface area contributed by atoms with Crippen molar-refractivity contribution in [3.63, 3.8) is 0 Å². The van der Waals surface area contributed by atoms with E-state index in [9.17, 15) is 19.1 Å². The van der Waals surface area contributed by atoms with Crippen molar-refractivity contribution in [3.8, 4) is 0 Å². The highest BCUT2D eigenvalue weighted by molar-refractivity contribution is 7.59. The third-order valence-corrected chi connectivity index (χ3v) is 12.2. The van der Waals surface area contributed by atoms with Crippen LogP contribution in [0.25, 0.3) is 11.0 Å². The average Bonchev–Trinajstić information content (AvgIpc) is 3.53. The largest absolute Gasteiger partial charge is 0.380 e. The molecule has 1 unspecified atom stereocenters. The van der Waals surface area contributed by atoms with Gasteiger partial charge in [0.2, 0.25) is 5.44 Å². The van der Waals surface area contributed by atoms with E-state index in [1.54, 1.807) is 16.7 Å². The van der Waals surface area contributed by atoms with E-state index in [1.165, 1.54) is 38.5 Å². The minimum atomic E-state index is -4.77. The fourth-order valence-electron chi connectivity index (χ4n) is 9.33. The van der Waals surface area contributed by atoms with Crippen molar-refractivity contribution in [3.05, 3.63) is 34.6 Å². The van der Waals surface area contributed by atoms with Gasteiger partial charge in [-0.1, -0.05) is 26.0 Å². The fourth-order valence-corrected chi connectivity index (χ4v) is 9.92. The molecule has 2 aliphatic heterocycles. The Morgan fingerprint density at radius 1 is 1.03 bits per heavy atom. The highest BCUT2D eigenvalue weighted by Gasteiger charge is 2.64. The van der Waals surface area contributed by atoms with Gasteiger partial charge in [-0.3, -0.25) is 14.3 Å². The first-order chi connectivity index (χ1) is 17.1. The van der Waals surface area contributed by atoms with E-state index < -0.39 is 18.6 Å². The van der Waals surface area contributed by atoms with Gasteiger partial charge < -0.3 is 14.4 Å². The molecule has 0 radical (unpaired) electrons. The van der Waals surface area contributed by atoms with Gasteiger partial charge in [-0.25, -0.2) is 4.98 Å². The summed E-state index contributed by atoms with van der Waals surface area (Å²) in [6.45, 7) is 6.13. The summed E-state index contributed by atoms with van der Waals surface area (Å²) in [5.74, 6) is 3.35. The van der Waals surface area contributed by atoms with Gasteiger partial charge in [-0.15, -0.1) is 0 Å². The number of aromatic nitrogens is 2. The quantitative estimate of drug-likeness (QED) is 0.584. The van der Waals surface area contributed by atoms with Crippen LogP contribution in [-0.4, -0.2) is 42.4 Å². The summed E-state index contributed by atoms with van der Waals surface area (Å²) in [5.41, 5.74) is 0.616. The van der Waals surface area contributed by atoms with Crippen LogP contribution in [0.1, 0.15) is 77.7 Å². The molecule has 1 spiro atoms. The molecule has 6 fully saturated rings. The molecule has 7 nitrogen and oxygen atoms in total. The minimum absolute atomic E-state index is 0.0525. The predicted octanol–water partition coefficient (Wildman–Crippen LogP) is 4.22. The van der Waals surface area contributed by atoms with Crippen LogP contribution < -0.4 is 11.0 Å². The van der Waals surface area contributed by atoms with Crippen molar-refractivity contribution in [1.82, 2.24) is 14.5 Å². The van der Waals surface area contributed by atoms with Crippen molar-refractivity contribution in [2.75, 3.05) is 6.54 Å². The molecule has 0 amide bonds. The maximum absolute atomic E-state index is 13.5. The second-order valence-electron chi connectivity index (χ2n) is 13.2. The van der Waals surface area contributed by atoms with Crippen LogP contribution in [-0.2, 0) is 4.57 Å². The summed E-state index contributed by atoms with van der Waals surface area (Å²) >= 11 is 0. The molecule has 194 valence electrons. The number of benzene rings is 1. The molecule has 6 aliphatic rings. The summed E-state index contributed by atoms with van der Waals surface area (Å²) in [4.78, 5) is 40.2. The van der Waals surface area contributed by atoms with Crippen molar-refractivity contribution < 1.29 is 14.4 Å². The first kappa shape index (κ1) is 23.6. The van der Waals surface area contributed by atoms with Crippen LogP contribution in [0.4, 0.5) is 0 Å². The minimum Gasteiger partial charge on any atom is -0.320 e. The van der Waals surface area contributed by atoms with E-state index >= 15 is 0 Å². The Kier molecular flexibility index (Phi) is 5.08. The maximum atomic E-state index is 13.5. The molecule has 2 N–H and O–H groups in total. The predicted molar refractivity (Wildman–Crippen MR) is 139 cm³/mol. The van der Waals surface area contributed by atoms with Crippen molar-refractivity contribution in [2.45, 2.75) is 89.3 Å². The van der Waals surface area contributed by atoms with Gasteiger partial charge in [0.1, 0.15) is 0 Å². The van der Waals surface area contributed by atoms with Crippen LogP contribution >= 0.6 is 7.60 Å². The van der Waals surface area contributed by atoms with Crippen LogP contribution in [0, 0.1) is 29.1 Å². The Bertz CT molecular complexity index is 1330. The van der Waals surface area contributed by atoms with E-state index in [0.717, 1.165) is 43.6 Å². The van der Waals surface area contributed by atoms with Gasteiger partial charge in [0.05, 0.1) is 11.0 Å². The highest BCUT2D eigenvalue weighted by Crippen LogP contribution is 2.65. The average molecular weight is 512 g/mol. The van der Waals surface area contributed by atoms with Gasteiger partial charge in [0, 0.05) is 17.6 Å². The van der Waals surface area contributed by atoms with E-state index in [1.807, 2.05) is 12.1 Å². The zero-order valence-corrected chi connectivity index (χ0v) is 22.2. The zero-order valence-electron chi connectivity index (χ0n) is 21.3. The van der Waals surface area contributed by atoms with E-state index in [0.29, 0.717) is 28.4 Å². The van der Waals surface area contributed by atoms with Gasteiger partial charge in [0.15, 0.2) is 0 Å². The summed E-state index contributed by atoms with van der Waals surface area (Å²) in [7, 11) is -4.77. The third kappa shape index (κ3) is 3.32. The second kappa shape index (κ2) is 7.75. The first-order valence-electron chi connectivity index (χ1n) is 13.9. The molecule has 3 heterocycles. The van der Waals surface area contributed by atoms with E-state index in [4.69, 9.17) is 0 Å². The smallest absolute Gasteiger partial charge is 0.320 e. The molecule has 2 aromatic rings. The number of nitrogens with zero attached hydrogens (tertiary/aromatic N) is 3. The molecule has 2 saturated heterocycles. The lowest BCUT2D eigenvalue weighted by Gasteiger charge is -2.60. The maximum Gasteiger partial charge on any atom is 0.380 e. The summed E-state index contributed by atoms with van der Waals surface area (Å²) < 4.78 is 13.9. The molecular weight excluding hydrogens is 473 g/mol. The molecule has 4 saturated carbocycles. The lowest BCUT2D eigenvalue weighted by Crippen LogP contribution is -2.57. The van der Waals surface area contributed by atoms with Crippen LogP contribution in [0.2, 0.25) is 0 Å². The number of rotatable bonds is 5. The van der Waals surface area contributed by atoms with Gasteiger partial charge in [-0.2, -0.15) is 0 Å². The molecular formula is C28H38N3O4P. The first-order valence-corrected chi connectivity index (χ1v) is 15.5. The third-order valence-electron chi connectivity index (χ3n) is 11.4. The Morgan fingerprint density at radius 2 is 1.81 bits per heavy atom. The molecule has 1 aromatic heterocycles. The Hall–Kier alpha value is -1.53. The summed E-state index contributed by atoms with van der Waals surface area (Å²) in [6.07, 6.45) is 10.9. The molecule has 8 rings (SSSR count).